The molecule has 3 rings (SSSR count). The Morgan fingerprint density at radius 2 is 1.70 bits per heavy atom. The van der Waals surface area contributed by atoms with Crippen molar-refractivity contribution in [2.75, 3.05) is 18.0 Å². The predicted molar refractivity (Wildman–Crippen MR) is 84.6 cm³/mol. The number of nitrogens with zero attached hydrogens (tertiary/aromatic N) is 1. The highest BCUT2D eigenvalue weighted by Gasteiger charge is 2.38. The first kappa shape index (κ1) is 13.8. The van der Waals surface area contributed by atoms with Crippen LogP contribution in [0.25, 0.3) is 0 Å². The molecule has 1 saturated carbocycles. The Hall–Kier alpha value is -1.18. The number of hydrogen-bond acceptors (Lipinski definition) is 2. The van der Waals surface area contributed by atoms with Gasteiger partial charge in [0.2, 0.25) is 0 Å². The van der Waals surface area contributed by atoms with Gasteiger partial charge in [-0.25, -0.2) is 0 Å². The number of ether oxygens (including phenoxy) is 1. The van der Waals surface area contributed by atoms with Crippen molar-refractivity contribution in [3.63, 3.8) is 0 Å². The lowest BCUT2D eigenvalue weighted by atomic mass is 9.73. The molecule has 2 aliphatic rings. The van der Waals surface area contributed by atoms with Crippen molar-refractivity contribution in [3.8, 4) is 5.75 Å². The molecule has 0 unspecified atom stereocenters. The van der Waals surface area contributed by atoms with Crippen LogP contribution in [0.5, 0.6) is 5.75 Å². The average Bonchev–Trinajstić information content (AvgIpc) is 2.83. The van der Waals surface area contributed by atoms with Gasteiger partial charge in [0.25, 0.3) is 0 Å². The van der Waals surface area contributed by atoms with E-state index < -0.39 is 0 Å². The van der Waals surface area contributed by atoms with Crippen molar-refractivity contribution in [3.05, 3.63) is 24.3 Å². The van der Waals surface area contributed by atoms with Crippen LogP contribution in [0.4, 0.5) is 5.69 Å². The summed E-state index contributed by atoms with van der Waals surface area (Å²) in [6, 6.07) is 8.67. The Bertz CT molecular complexity index is 431. The van der Waals surface area contributed by atoms with Crippen molar-refractivity contribution < 1.29 is 4.74 Å². The van der Waals surface area contributed by atoms with Gasteiger partial charge < -0.3 is 9.64 Å². The summed E-state index contributed by atoms with van der Waals surface area (Å²) in [7, 11) is 0. The minimum Gasteiger partial charge on any atom is -0.491 e. The largest absolute Gasteiger partial charge is 0.491 e. The third-order valence-electron chi connectivity index (χ3n) is 4.93. The maximum Gasteiger partial charge on any atom is 0.119 e. The molecule has 0 amide bonds. The van der Waals surface area contributed by atoms with Crippen molar-refractivity contribution in [2.24, 2.45) is 5.41 Å². The molecular weight excluding hydrogens is 246 g/mol. The van der Waals surface area contributed by atoms with Crippen LogP contribution < -0.4 is 9.64 Å². The van der Waals surface area contributed by atoms with Crippen molar-refractivity contribution in [2.45, 2.75) is 58.5 Å². The van der Waals surface area contributed by atoms with E-state index in [4.69, 9.17) is 4.74 Å². The second-order valence-electron chi connectivity index (χ2n) is 6.89. The molecule has 1 aliphatic heterocycles. The quantitative estimate of drug-likeness (QED) is 0.796. The van der Waals surface area contributed by atoms with Gasteiger partial charge in [-0.3, -0.25) is 0 Å². The van der Waals surface area contributed by atoms with Crippen LogP contribution in [0.3, 0.4) is 0 Å². The highest BCUT2D eigenvalue weighted by atomic mass is 16.5. The molecule has 1 aromatic rings. The van der Waals surface area contributed by atoms with Crippen molar-refractivity contribution >= 4 is 5.69 Å². The van der Waals surface area contributed by atoms with Crippen LogP contribution in [0.2, 0.25) is 0 Å². The minimum absolute atomic E-state index is 0.248. The van der Waals surface area contributed by atoms with Crippen molar-refractivity contribution in [1.29, 1.82) is 0 Å². The van der Waals surface area contributed by atoms with E-state index in [2.05, 4.69) is 43.0 Å². The van der Waals surface area contributed by atoms with E-state index in [0.717, 1.165) is 5.75 Å². The van der Waals surface area contributed by atoms with Crippen LogP contribution >= 0.6 is 0 Å². The van der Waals surface area contributed by atoms with Crippen LogP contribution in [0.15, 0.2) is 24.3 Å². The van der Waals surface area contributed by atoms with Crippen LogP contribution in [-0.4, -0.2) is 19.2 Å². The number of benzene rings is 1. The molecule has 0 N–H and O–H groups in total. The molecule has 1 aromatic carbocycles. The fraction of sp³-hybridized carbons (Fsp3) is 0.667. The molecule has 0 bridgehead atoms. The minimum atomic E-state index is 0.248. The molecular formula is C18H27NO. The average molecular weight is 273 g/mol. The van der Waals surface area contributed by atoms with Crippen LogP contribution in [-0.2, 0) is 0 Å². The highest BCUT2D eigenvalue weighted by molar-refractivity contribution is 5.50. The third-order valence-corrected chi connectivity index (χ3v) is 4.93. The van der Waals surface area contributed by atoms with E-state index in [1.54, 1.807) is 0 Å². The second-order valence-corrected chi connectivity index (χ2v) is 6.89. The van der Waals surface area contributed by atoms with E-state index in [0.29, 0.717) is 5.41 Å². The molecule has 1 aliphatic carbocycles. The van der Waals surface area contributed by atoms with Gasteiger partial charge in [-0.15, -0.1) is 0 Å². The van der Waals surface area contributed by atoms with E-state index in [1.807, 2.05) is 0 Å². The molecule has 2 nitrogen and oxygen atoms in total. The standard InChI is InChI=1S/C18H27NO/c1-15(2)20-17-8-6-16(7-9-17)19-13-12-18(14-19)10-4-3-5-11-18/h6-9,15H,3-5,10-14H2,1-2H3. The van der Waals surface area contributed by atoms with Crippen LogP contribution in [0.1, 0.15) is 52.4 Å². The summed E-state index contributed by atoms with van der Waals surface area (Å²) in [6.07, 6.45) is 8.85. The molecule has 20 heavy (non-hydrogen) atoms. The van der Waals surface area contributed by atoms with Gasteiger partial charge in [0.1, 0.15) is 5.75 Å². The lowest BCUT2D eigenvalue weighted by Gasteiger charge is -2.33. The van der Waals surface area contributed by atoms with E-state index in [1.165, 1.54) is 57.3 Å². The van der Waals surface area contributed by atoms with Gasteiger partial charge in [-0.1, -0.05) is 19.3 Å². The molecule has 0 radical (unpaired) electrons. The molecule has 0 atom stereocenters. The molecule has 1 heterocycles. The Balaban J connectivity index is 1.65. The highest BCUT2D eigenvalue weighted by Crippen LogP contribution is 2.44. The summed E-state index contributed by atoms with van der Waals surface area (Å²) in [5.74, 6) is 0.982. The number of rotatable bonds is 3. The fourth-order valence-electron chi connectivity index (χ4n) is 3.87. The smallest absolute Gasteiger partial charge is 0.119 e. The Morgan fingerprint density at radius 3 is 2.35 bits per heavy atom. The van der Waals surface area contributed by atoms with Gasteiger partial charge in [-0.05, 0) is 62.8 Å². The van der Waals surface area contributed by atoms with Gasteiger partial charge >= 0.3 is 0 Å². The van der Waals surface area contributed by atoms with Gasteiger partial charge in [0.05, 0.1) is 6.10 Å². The zero-order chi connectivity index (χ0) is 14.0. The number of anilines is 1. The topological polar surface area (TPSA) is 12.5 Å². The second kappa shape index (κ2) is 5.67. The fourth-order valence-corrected chi connectivity index (χ4v) is 3.87. The summed E-state index contributed by atoms with van der Waals surface area (Å²) in [5.41, 5.74) is 1.99. The molecule has 110 valence electrons. The molecule has 2 heteroatoms. The lowest BCUT2D eigenvalue weighted by Crippen LogP contribution is -2.29. The number of hydrogen-bond donors (Lipinski definition) is 0. The first-order chi connectivity index (χ1) is 9.67. The summed E-state index contributed by atoms with van der Waals surface area (Å²) >= 11 is 0. The van der Waals surface area contributed by atoms with Gasteiger partial charge in [0.15, 0.2) is 0 Å². The normalized spacial score (nSPS) is 21.6. The monoisotopic (exact) mass is 273 g/mol. The molecule has 0 aromatic heterocycles. The predicted octanol–water partition coefficient (Wildman–Crippen LogP) is 4.63. The van der Waals surface area contributed by atoms with Crippen molar-refractivity contribution in [1.82, 2.24) is 0 Å². The Kier molecular flexibility index (Phi) is 3.91. The molecule has 1 saturated heterocycles. The Morgan fingerprint density at radius 1 is 1.00 bits per heavy atom. The lowest BCUT2D eigenvalue weighted by molar-refractivity contribution is 0.219. The van der Waals surface area contributed by atoms with Gasteiger partial charge in [0, 0.05) is 18.8 Å². The first-order valence-corrected chi connectivity index (χ1v) is 8.19. The SMILES string of the molecule is CC(C)Oc1ccc(N2CCC3(CCCCC3)C2)cc1. The summed E-state index contributed by atoms with van der Waals surface area (Å²) in [4.78, 5) is 2.57. The van der Waals surface area contributed by atoms with Crippen LogP contribution in [0, 0.1) is 5.41 Å². The van der Waals surface area contributed by atoms with E-state index >= 15 is 0 Å². The summed E-state index contributed by atoms with van der Waals surface area (Å²) < 4.78 is 5.72. The summed E-state index contributed by atoms with van der Waals surface area (Å²) in [6.45, 7) is 6.63. The zero-order valence-electron chi connectivity index (χ0n) is 12.9. The first-order valence-electron chi connectivity index (χ1n) is 8.19. The maximum absolute atomic E-state index is 5.72. The maximum atomic E-state index is 5.72. The van der Waals surface area contributed by atoms with Gasteiger partial charge in [-0.2, -0.15) is 0 Å². The third kappa shape index (κ3) is 2.94. The Labute approximate surface area is 123 Å². The molecule has 2 fully saturated rings. The van der Waals surface area contributed by atoms with E-state index in [-0.39, 0.29) is 6.10 Å². The van der Waals surface area contributed by atoms with E-state index in [9.17, 15) is 0 Å². The summed E-state index contributed by atoms with van der Waals surface area (Å²) in [5, 5.41) is 0. The molecule has 1 spiro atoms. The zero-order valence-corrected chi connectivity index (χ0v) is 12.9.